The summed E-state index contributed by atoms with van der Waals surface area (Å²) in [5.74, 6) is 0.561. The van der Waals surface area contributed by atoms with Gasteiger partial charge < -0.3 is 10.2 Å². The van der Waals surface area contributed by atoms with Gasteiger partial charge in [0.05, 0.1) is 34.3 Å². The van der Waals surface area contributed by atoms with Crippen molar-refractivity contribution in [3.8, 4) is 22.8 Å². The predicted molar refractivity (Wildman–Crippen MR) is 99.9 cm³/mol. The van der Waals surface area contributed by atoms with Gasteiger partial charge in [0.1, 0.15) is 5.69 Å². The Morgan fingerprint density at radius 1 is 1.19 bits per heavy atom. The van der Waals surface area contributed by atoms with Crippen LogP contribution in [-0.2, 0) is 16.4 Å². The highest BCUT2D eigenvalue weighted by molar-refractivity contribution is 7.92. The predicted octanol–water partition coefficient (Wildman–Crippen LogP) is 2.63. The van der Waals surface area contributed by atoms with Crippen LogP contribution in [0.1, 0.15) is 28.3 Å². The first kappa shape index (κ1) is 18.2. The molecule has 9 heteroatoms. The van der Waals surface area contributed by atoms with Crippen LogP contribution in [0.15, 0.2) is 39.8 Å². The zero-order chi connectivity index (χ0) is 18.9. The number of rotatable bonds is 5. The molecule has 0 aliphatic carbocycles. The molecule has 26 heavy (non-hydrogen) atoms. The van der Waals surface area contributed by atoms with Gasteiger partial charge in [-0.15, -0.1) is 10.2 Å². The molecule has 2 N–H and O–H groups in total. The van der Waals surface area contributed by atoms with E-state index in [1.54, 1.807) is 51.2 Å². The second-order valence-electron chi connectivity index (χ2n) is 6.01. The maximum Gasteiger partial charge on any atom is 0.268 e. The molecule has 2 aromatic heterocycles. The Morgan fingerprint density at radius 2 is 1.88 bits per heavy atom. The van der Waals surface area contributed by atoms with Crippen molar-refractivity contribution in [2.45, 2.75) is 37.5 Å². The van der Waals surface area contributed by atoms with E-state index in [4.69, 9.17) is 10.2 Å². The van der Waals surface area contributed by atoms with E-state index in [-0.39, 0.29) is 20.2 Å². The molecule has 2 heterocycles. The van der Waals surface area contributed by atoms with Crippen molar-refractivity contribution in [2.24, 2.45) is 5.73 Å². The van der Waals surface area contributed by atoms with Gasteiger partial charge in [-0.3, -0.25) is 4.98 Å². The van der Waals surface area contributed by atoms with Crippen molar-refractivity contribution in [3.05, 3.63) is 42.0 Å². The summed E-state index contributed by atoms with van der Waals surface area (Å²) in [7, 11) is -3.32. The van der Waals surface area contributed by atoms with Gasteiger partial charge >= 0.3 is 0 Å². The van der Waals surface area contributed by atoms with E-state index in [9.17, 15) is 8.42 Å². The molecule has 0 saturated heterocycles. The molecule has 0 aliphatic rings. The first-order chi connectivity index (χ1) is 12.3. The van der Waals surface area contributed by atoms with Crippen molar-refractivity contribution in [2.75, 3.05) is 0 Å². The zero-order valence-corrected chi connectivity index (χ0v) is 15.5. The van der Waals surface area contributed by atoms with Crippen LogP contribution < -0.4 is 5.73 Å². The van der Waals surface area contributed by atoms with Gasteiger partial charge in [0.2, 0.25) is 5.89 Å². The number of hydrogen-bond donors (Lipinski definition) is 1. The molecule has 0 fully saturated rings. The van der Waals surface area contributed by atoms with Crippen LogP contribution in [0.3, 0.4) is 0 Å². The van der Waals surface area contributed by atoms with Crippen LogP contribution in [0.4, 0.5) is 0 Å². The lowest BCUT2D eigenvalue weighted by atomic mass is 10.1. The number of sulfone groups is 1. The number of aromatic nitrogens is 4. The third kappa shape index (κ3) is 3.35. The first-order valence-corrected chi connectivity index (χ1v) is 9.58. The van der Waals surface area contributed by atoms with Crippen LogP contribution >= 0.6 is 0 Å². The Balaban J connectivity index is 0.00000196. The van der Waals surface area contributed by atoms with E-state index in [2.05, 4.69) is 20.2 Å². The second-order valence-corrected chi connectivity index (χ2v) is 8.52. The zero-order valence-electron chi connectivity index (χ0n) is 14.7. The van der Waals surface area contributed by atoms with E-state index >= 15 is 0 Å². The van der Waals surface area contributed by atoms with Crippen molar-refractivity contribution in [1.29, 1.82) is 0 Å². The average Bonchev–Trinajstić information content (AvgIpc) is 3.11. The molecule has 0 amide bonds. The van der Waals surface area contributed by atoms with Crippen LogP contribution in [-0.4, -0.2) is 33.8 Å². The quantitative estimate of drug-likeness (QED) is 0.719. The Bertz CT molecular complexity index is 1040. The van der Waals surface area contributed by atoms with E-state index in [0.717, 1.165) is 5.56 Å². The largest absolute Gasteiger partial charge is 0.418 e. The van der Waals surface area contributed by atoms with Gasteiger partial charge in [-0.05, 0) is 32.9 Å². The highest BCUT2D eigenvalue weighted by Gasteiger charge is 2.19. The van der Waals surface area contributed by atoms with Crippen LogP contribution in [0.2, 0.25) is 0 Å². The summed E-state index contributed by atoms with van der Waals surface area (Å²) < 4.78 is 29.9. The van der Waals surface area contributed by atoms with Gasteiger partial charge in [0, 0.05) is 8.42 Å². The summed E-state index contributed by atoms with van der Waals surface area (Å²) in [4.78, 5) is 9.14. The van der Waals surface area contributed by atoms with Crippen LogP contribution in [0, 0.1) is 6.92 Å². The minimum atomic E-state index is -3.32. The smallest absolute Gasteiger partial charge is 0.268 e. The molecule has 0 saturated carbocycles. The van der Waals surface area contributed by atoms with Gasteiger partial charge in [-0.1, -0.05) is 12.1 Å². The third-order valence-corrected chi connectivity index (χ3v) is 6.07. The number of nitrogens with two attached hydrogens (primary N) is 1. The average molecular weight is 377 g/mol. The molecular weight excluding hydrogens is 354 g/mol. The van der Waals surface area contributed by atoms with Gasteiger partial charge in [0.15, 0.2) is 9.84 Å². The maximum absolute atomic E-state index is 12.2. The van der Waals surface area contributed by atoms with Gasteiger partial charge in [-0.2, -0.15) is 0 Å². The fourth-order valence-electron chi connectivity index (χ4n) is 2.31. The summed E-state index contributed by atoms with van der Waals surface area (Å²) >= 11 is 0. The third-order valence-electron chi connectivity index (χ3n) is 3.90. The lowest BCUT2D eigenvalue weighted by Crippen LogP contribution is -2.13. The normalized spacial score (nSPS) is 11.9. The summed E-state index contributed by atoms with van der Waals surface area (Å²) in [6, 6.07) is 6.56. The number of aryl methyl sites for hydroxylation is 1. The highest BCUT2D eigenvalue weighted by Crippen LogP contribution is 2.25. The maximum atomic E-state index is 12.2. The minimum Gasteiger partial charge on any atom is -0.418 e. The van der Waals surface area contributed by atoms with Gasteiger partial charge in [0.25, 0.3) is 5.89 Å². The minimum absolute atomic E-state index is 0. The topological polar surface area (TPSA) is 125 Å². The van der Waals surface area contributed by atoms with Crippen molar-refractivity contribution >= 4 is 9.84 Å². The Kier molecular flexibility index (Phi) is 4.84. The van der Waals surface area contributed by atoms with Crippen molar-refractivity contribution in [3.63, 3.8) is 0 Å². The summed E-state index contributed by atoms with van der Waals surface area (Å²) in [6.45, 7) is 5.24. The monoisotopic (exact) mass is 377 g/mol. The molecule has 0 bridgehead atoms. The molecule has 0 radical (unpaired) electrons. The summed E-state index contributed by atoms with van der Waals surface area (Å²) in [5, 5.41) is 7.30. The second kappa shape index (κ2) is 6.93. The number of hydrogen-bond acceptors (Lipinski definition) is 8. The van der Waals surface area contributed by atoms with E-state index in [1.165, 1.54) is 0 Å². The van der Waals surface area contributed by atoms with Crippen molar-refractivity contribution in [1.82, 2.24) is 20.2 Å². The van der Waals surface area contributed by atoms with Crippen LogP contribution in [0.5, 0.6) is 0 Å². The number of nitrogens with zero attached hydrogens (tertiary/aromatic N) is 4. The SMILES string of the molecule is Cc1ncc(-c2ccc(S(=O)(=O)C(C)C)cc2)nc1-c1nnc(CN)o1.[HH].[HH]. The Morgan fingerprint density at radius 3 is 2.46 bits per heavy atom. The fourth-order valence-corrected chi connectivity index (χ4v) is 3.37. The lowest BCUT2D eigenvalue weighted by Gasteiger charge is -2.09. The molecule has 0 spiro atoms. The van der Waals surface area contributed by atoms with Gasteiger partial charge in [-0.25, -0.2) is 13.4 Å². The summed E-state index contributed by atoms with van der Waals surface area (Å²) in [5.41, 5.74) is 7.91. The highest BCUT2D eigenvalue weighted by atomic mass is 32.2. The molecule has 3 rings (SSSR count). The molecule has 0 unspecified atom stereocenters. The van der Waals surface area contributed by atoms with E-state index < -0.39 is 15.1 Å². The van der Waals surface area contributed by atoms with Crippen molar-refractivity contribution < 1.29 is 15.7 Å². The standard InChI is InChI=1S/C17H19N5O3S.2H2/c1-10(2)26(23,24)13-6-4-12(5-7-13)14-9-19-11(3)16(20-14)17-22-21-15(8-18)25-17;;/h4-7,9-10H,8,18H2,1-3H3;2*1H. The Hall–Kier alpha value is -2.65. The van der Waals surface area contributed by atoms with E-state index in [1.807, 2.05) is 0 Å². The molecule has 140 valence electrons. The fraction of sp³-hybridized carbons (Fsp3) is 0.294. The first-order valence-electron chi connectivity index (χ1n) is 8.03. The molecular formula is C17H23N5O3S. The summed E-state index contributed by atoms with van der Waals surface area (Å²) in [6.07, 6.45) is 1.62. The van der Waals surface area contributed by atoms with E-state index in [0.29, 0.717) is 23.0 Å². The lowest BCUT2D eigenvalue weighted by molar-refractivity contribution is 0.506. The molecule has 3 aromatic rings. The number of benzene rings is 1. The molecule has 0 atom stereocenters. The van der Waals surface area contributed by atoms with Crippen LogP contribution in [0.25, 0.3) is 22.8 Å². The Labute approximate surface area is 154 Å². The molecule has 0 aliphatic heterocycles. The molecule has 1 aromatic carbocycles. The molecule has 8 nitrogen and oxygen atoms in total.